The molecule has 2 heterocycles. The molecule has 4 rings (SSSR count). The largest absolute Gasteiger partial charge is 0.345 e. The SMILES string of the molecule is c1ccc(-c2ccccc2-c2cnc[nH]2)c(-c2cnc[nH]2)c1. The van der Waals surface area contributed by atoms with Gasteiger partial charge in [0.05, 0.1) is 36.4 Å². The summed E-state index contributed by atoms with van der Waals surface area (Å²) in [6, 6.07) is 16.7. The molecule has 2 aromatic carbocycles. The van der Waals surface area contributed by atoms with E-state index in [4.69, 9.17) is 0 Å². The van der Waals surface area contributed by atoms with Gasteiger partial charge in [0.25, 0.3) is 0 Å². The van der Waals surface area contributed by atoms with Gasteiger partial charge in [-0.25, -0.2) is 9.97 Å². The average Bonchev–Trinajstić information content (AvgIpc) is 3.28. The van der Waals surface area contributed by atoms with Crippen LogP contribution in [0.4, 0.5) is 0 Å². The minimum Gasteiger partial charge on any atom is -0.345 e. The predicted octanol–water partition coefficient (Wildman–Crippen LogP) is 4.13. The molecule has 0 saturated carbocycles. The Balaban J connectivity index is 1.95. The zero-order valence-electron chi connectivity index (χ0n) is 11.8. The smallest absolute Gasteiger partial charge is 0.0924 e. The Morgan fingerprint density at radius 2 is 0.955 bits per heavy atom. The van der Waals surface area contributed by atoms with Crippen molar-refractivity contribution in [2.75, 3.05) is 0 Å². The summed E-state index contributed by atoms with van der Waals surface area (Å²) in [5.41, 5.74) is 6.61. The van der Waals surface area contributed by atoms with Gasteiger partial charge in [-0.3, -0.25) is 0 Å². The quantitative estimate of drug-likeness (QED) is 0.595. The maximum atomic E-state index is 4.13. The Kier molecular flexibility index (Phi) is 3.05. The number of imidazole rings is 2. The van der Waals surface area contributed by atoms with Crippen molar-refractivity contribution in [2.45, 2.75) is 0 Å². The number of nitrogens with one attached hydrogen (secondary N) is 2. The van der Waals surface area contributed by atoms with Crippen LogP contribution in [0, 0.1) is 0 Å². The fourth-order valence-corrected chi connectivity index (χ4v) is 2.71. The van der Waals surface area contributed by atoms with Crippen molar-refractivity contribution < 1.29 is 0 Å². The Morgan fingerprint density at radius 1 is 0.545 bits per heavy atom. The van der Waals surface area contributed by atoms with Crippen LogP contribution in [-0.4, -0.2) is 19.9 Å². The summed E-state index contributed by atoms with van der Waals surface area (Å²) < 4.78 is 0. The lowest BCUT2D eigenvalue weighted by atomic mass is 9.93. The topological polar surface area (TPSA) is 57.4 Å². The zero-order chi connectivity index (χ0) is 14.8. The van der Waals surface area contributed by atoms with Crippen LogP contribution in [0.2, 0.25) is 0 Å². The molecule has 106 valence electrons. The van der Waals surface area contributed by atoms with Crippen molar-refractivity contribution in [3.05, 3.63) is 73.6 Å². The third-order valence-electron chi connectivity index (χ3n) is 3.72. The van der Waals surface area contributed by atoms with E-state index >= 15 is 0 Å². The Labute approximate surface area is 127 Å². The van der Waals surface area contributed by atoms with Crippen LogP contribution in [0.1, 0.15) is 0 Å². The minimum absolute atomic E-state index is 1.01. The molecule has 4 nitrogen and oxygen atoms in total. The molecule has 0 aliphatic heterocycles. The van der Waals surface area contributed by atoms with Gasteiger partial charge >= 0.3 is 0 Å². The summed E-state index contributed by atoms with van der Waals surface area (Å²) in [6.07, 6.45) is 7.09. The Hall–Kier alpha value is -3.14. The molecular weight excluding hydrogens is 272 g/mol. The van der Waals surface area contributed by atoms with Gasteiger partial charge in [0.1, 0.15) is 0 Å². The highest BCUT2D eigenvalue weighted by molar-refractivity contribution is 5.89. The van der Waals surface area contributed by atoms with Crippen molar-refractivity contribution in [1.29, 1.82) is 0 Å². The first-order valence-electron chi connectivity index (χ1n) is 7.09. The number of hydrogen-bond acceptors (Lipinski definition) is 2. The average molecular weight is 286 g/mol. The lowest BCUT2D eigenvalue weighted by Crippen LogP contribution is -1.89. The van der Waals surface area contributed by atoms with Gasteiger partial charge in [0.15, 0.2) is 0 Å². The molecule has 22 heavy (non-hydrogen) atoms. The lowest BCUT2D eigenvalue weighted by molar-refractivity contribution is 1.31. The number of benzene rings is 2. The van der Waals surface area contributed by atoms with E-state index < -0.39 is 0 Å². The van der Waals surface area contributed by atoms with Gasteiger partial charge in [-0.15, -0.1) is 0 Å². The van der Waals surface area contributed by atoms with E-state index in [1.165, 1.54) is 0 Å². The van der Waals surface area contributed by atoms with Crippen molar-refractivity contribution in [3.8, 4) is 33.6 Å². The Bertz CT molecular complexity index is 801. The van der Waals surface area contributed by atoms with Crippen molar-refractivity contribution >= 4 is 0 Å². The summed E-state index contributed by atoms with van der Waals surface area (Å²) in [5.74, 6) is 0. The van der Waals surface area contributed by atoms with Crippen LogP contribution in [0.5, 0.6) is 0 Å². The molecule has 0 saturated heterocycles. The van der Waals surface area contributed by atoms with E-state index in [0.717, 1.165) is 33.6 Å². The van der Waals surface area contributed by atoms with E-state index in [9.17, 15) is 0 Å². The van der Waals surface area contributed by atoms with Gasteiger partial charge in [-0.1, -0.05) is 48.5 Å². The Morgan fingerprint density at radius 3 is 1.32 bits per heavy atom. The normalized spacial score (nSPS) is 10.7. The van der Waals surface area contributed by atoms with Crippen LogP contribution >= 0.6 is 0 Å². The monoisotopic (exact) mass is 286 g/mol. The molecule has 0 spiro atoms. The van der Waals surface area contributed by atoms with Crippen molar-refractivity contribution in [3.63, 3.8) is 0 Å². The summed E-state index contributed by atoms with van der Waals surface area (Å²) in [6.45, 7) is 0. The van der Waals surface area contributed by atoms with Crippen molar-refractivity contribution in [2.24, 2.45) is 0 Å². The molecule has 2 aromatic heterocycles. The summed E-state index contributed by atoms with van der Waals surface area (Å²) in [5, 5.41) is 0. The number of nitrogens with zero attached hydrogens (tertiary/aromatic N) is 2. The van der Waals surface area contributed by atoms with E-state index in [-0.39, 0.29) is 0 Å². The molecule has 0 amide bonds. The van der Waals surface area contributed by atoms with Crippen LogP contribution in [0.3, 0.4) is 0 Å². The van der Waals surface area contributed by atoms with E-state index in [0.29, 0.717) is 0 Å². The fourth-order valence-electron chi connectivity index (χ4n) is 2.71. The molecule has 0 atom stereocenters. The highest BCUT2D eigenvalue weighted by Crippen LogP contribution is 2.36. The first kappa shape index (κ1) is 12.6. The highest BCUT2D eigenvalue weighted by Gasteiger charge is 2.12. The van der Waals surface area contributed by atoms with Gasteiger partial charge in [-0.05, 0) is 11.1 Å². The van der Waals surface area contributed by atoms with E-state index in [1.54, 1.807) is 12.7 Å². The van der Waals surface area contributed by atoms with Crippen LogP contribution in [0.15, 0.2) is 73.6 Å². The molecule has 0 aliphatic rings. The standard InChI is InChI=1S/C18H14N4/c1-3-7-15(17-9-19-11-21-17)13(5-1)14-6-2-4-8-16(14)18-10-20-12-22-18/h1-12H,(H,19,21)(H,20,22). The second-order valence-corrected chi connectivity index (χ2v) is 5.02. The maximum absolute atomic E-state index is 4.13. The zero-order valence-corrected chi connectivity index (χ0v) is 11.8. The fraction of sp³-hybridized carbons (Fsp3) is 0. The highest BCUT2D eigenvalue weighted by atomic mass is 14.9. The molecule has 2 N–H and O–H groups in total. The molecule has 4 aromatic rings. The number of hydrogen-bond donors (Lipinski definition) is 2. The van der Waals surface area contributed by atoms with Crippen LogP contribution in [0.25, 0.3) is 33.6 Å². The summed E-state index contributed by atoms with van der Waals surface area (Å²) >= 11 is 0. The third kappa shape index (κ3) is 2.11. The second kappa shape index (κ2) is 5.33. The number of aromatic nitrogens is 4. The molecule has 0 unspecified atom stereocenters. The van der Waals surface area contributed by atoms with Gasteiger partial charge in [0, 0.05) is 11.1 Å². The maximum Gasteiger partial charge on any atom is 0.0924 e. The number of H-pyrrole nitrogens is 2. The molecule has 0 aliphatic carbocycles. The van der Waals surface area contributed by atoms with Gasteiger partial charge in [0.2, 0.25) is 0 Å². The number of rotatable bonds is 3. The first-order valence-corrected chi connectivity index (χ1v) is 7.09. The van der Waals surface area contributed by atoms with Crippen LogP contribution < -0.4 is 0 Å². The summed E-state index contributed by atoms with van der Waals surface area (Å²) in [4.78, 5) is 14.6. The first-order chi connectivity index (χ1) is 10.9. The minimum atomic E-state index is 1.01. The van der Waals surface area contributed by atoms with Crippen molar-refractivity contribution in [1.82, 2.24) is 19.9 Å². The molecule has 0 bridgehead atoms. The van der Waals surface area contributed by atoms with Crippen LogP contribution in [-0.2, 0) is 0 Å². The predicted molar refractivity (Wildman–Crippen MR) is 87.0 cm³/mol. The second-order valence-electron chi connectivity index (χ2n) is 5.02. The van der Waals surface area contributed by atoms with Gasteiger partial charge in [-0.2, -0.15) is 0 Å². The van der Waals surface area contributed by atoms with E-state index in [1.807, 2.05) is 24.5 Å². The molecule has 4 heteroatoms. The third-order valence-corrected chi connectivity index (χ3v) is 3.72. The molecule has 0 fully saturated rings. The summed E-state index contributed by atoms with van der Waals surface area (Å²) in [7, 11) is 0. The number of aromatic amines is 2. The van der Waals surface area contributed by atoms with E-state index in [2.05, 4.69) is 56.3 Å². The molecule has 0 radical (unpaired) electrons. The molecular formula is C18H14N4. The van der Waals surface area contributed by atoms with Gasteiger partial charge < -0.3 is 9.97 Å². The lowest BCUT2D eigenvalue weighted by Gasteiger charge is -2.12.